The summed E-state index contributed by atoms with van der Waals surface area (Å²) in [6, 6.07) is 7.65. The van der Waals surface area contributed by atoms with E-state index in [0.717, 1.165) is 16.3 Å². The average molecular weight is 161 g/mol. The Morgan fingerprint density at radius 2 is 2.00 bits per heavy atom. The van der Waals surface area contributed by atoms with Gasteiger partial charge in [0.2, 0.25) is 0 Å². The minimum absolute atomic E-state index is 0.0174. The summed E-state index contributed by atoms with van der Waals surface area (Å²) in [7, 11) is 0. The Kier molecular flexibility index (Phi) is 1.47. The van der Waals surface area contributed by atoms with Gasteiger partial charge in [-0.2, -0.15) is 0 Å². The van der Waals surface area contributed by atoms with E-state index in [1.165, 1.54) is 0 Å². The molecule has 2 rings (SSSR count). The van der Waals surface area contributed by atoms with E-state index in [1.807, 2.05) is 31.2 Å². The fourth-order valence-corrected chi connectivity index (χ4v) is 1.38. The van der Waals surface area contributed by atoms with Gasteiger partial charge >= 0.3 is 0 Å². The highest BCUT2D eigenvalue weighted by molar-refractivity contribution is 5.84. The number of aromatic amines is 1. The van der Waals surface area contributed by atoms with Crippen LogP contribution in [0.25, 0.3) is 10.8 Å². The first kappa shape index (κ1) is 7.10. The van der Waals surface area contributed by atoms with Crippen molar-refractivity contribution < 1.29 is 0 Å². The quantitative estimate of drug-likeness (QED) is 0.587. The van der Waals surface area contributed by atoms with Gasteiger partial charge in [-0.1, -0.05) is 12.1 Å². The molecule has 0 saturated heterocycles. The number of hydrogen-bond acceptors (Lipinski definition) is 1. The van der Waals surface area contributed by atoms with Gasteiger partial charge in [0, 0.05) is 11.6 Å². The normalized spacial score (nSPS) is 10.4. The summed E-state index contributed by atoms with van der Waals surface area (Å²) in [5.74, 6) is 0. The molecule has 0 spiro atoms. The first-order valence-electron chi connectivity index (χ1n) is 3.86. The second kappa shape index (κ2) is 2.48. The number of pyridine rings is 1. The molecular formula is C10H9NO. The molecule has 1 heterocycles. The van der Waals surface area contributed by atoms with E-state index in [-0.39, 0.29) is 5.56 Å². The van der Waals surface area contributed by atoms with Crippen LogP contribution in [0.2, 0.25) is 0 Å². The lowest BCUT2D eigenvalue weighted by Crippen LogP contribution is -2.04. The van der Waals surface area contributed by atoms with Gasteiger partial charge in [0.1, 0.15) is 0 Å². The molecule has 0 atom stereocenters. The number of fused-ring (bicyclic) bond motifs is 1. The Labute approximate surface area is 69.9 Å². The van der Waals surface area contributed by atoms with Gasteiger partial charge in [0.15, 0.2) is 0 Å². The number of rotatable bonds is 0. The highest BCUT2D eigenvalue weighted by Gasteiger charge is 1.97. The Morgan fingerprint density at radius 1 is 1.17 bits per heavy atom. The molecule has 0 unspecified atom stereocenters. The minimum atomic E-state index is -0.0174. The third-order valence-electron chi connectivity index (χ3n) is 2.03. The maximum absolute atomic E-state index is 11.3. The average Bonchev–Trinajstić information content (AvgIpc) is 2.07. The van der Waals surface area contributed by atoms with E-state index in [1.54, 1.807) is 6.20 Å². The predicted octanol–water partition coefficient (Wildman–Crippen LogP) is 1.84. The van der Waals surface area contributed by atoms with Crippen molar-refractivity contribution in [1.82, 2.24) is 4.98 Å². The smallest absolute Gasteiger partial charge is 0.255 e. The fraction of sp³-hybridized carbons (Fsp3) is 0.100. The zero-order valence-corrected chi connectivity index (χ0v) is 6.79. The monoisotopic (exact) mass is 161 g/mol. The van der Waals surface area contributed by atoms with E-state index < -0.39 is 0 Å². The number of H-pyrrole nitrogens is 1. The van der Waals surface area contributed by atoms with Crippen LogP contribution in [0.1, 0.15) is 5.56 Å². The zero-order chi connectivity index (χ0) is 8.55. The lowest BCUT2D eigenvalue weighted by molar-refractivity contribution is 1.27. The van der Waals surface area contributed by atoms with Gasteiger partial charge in [-0.25, -0.2) is 0 Å². The Morgan fingerprint density at radius 3 is 2.75 bits per heavy atom. The van der Waals surface area contributed by atoms with Crippen molar-refractivity contribution in [2.75, 3.05) is 0 Å². The lowest BCUT2D eigenvalue weighted by Gasteiger charge is -1.98. The molecule has 0 fully saturated rings. The number of benzene rings is 1. The molecule has 0 aliphatic carbocycles. The number of nitrogens with one attached hydrogen (secondary N) is 1. The number of aromatic nitrogens is 1. The second-order valence-corrected chi connectivity index (χ2v) is 2.84. The van der Waals surface area contributed by atoms with Crippen molar-refractivity contribution in [3.05, 3.63) is 46.4 Å². The lowest BCUT2D eigenvalue weighted by atomic mass is 10.1. The fourth-order valence-electron chi connectivity index (χ4n) is 1.38. The summed E-state index contributed by atoms with van der Waals surface area (Å²) in [4.78, 5) is 13.9. The van der Waals surface area contributed by atoms with Crippen molar-refractivity contribution >= 4 is 10.8 Å². The third kappa shape index (κ3) is 0.925. The first-order chi connectivity index (χ1) is 5.79. The molecule has 0 bridgehead atoms. The summed E-state index contributed by atoms with van der Waals surface area (Å²) < 4.78 is 0. The third-order valence-corrected chi connectivity index (χ3v) is 2.03. The first-order valence-corrected chi connectivity index (χ1v) is 3.86. The largest absolute Gasteiger partial charge is 0.329 e. The van der Waals surface area contributed by atoms with Crippen molar-refractivity contribution in [2.24, 2.45) is 0 Å². The summed E-state index contributed by atoms with van der Waals surface area (Å²) >= 11 is 0. The van der Waals surface area contributed by atoms with Gasteiger partial charge < -0.3 is 4.98 Å². The topological polar surface area (TPSA) is 32.9 Å². The summed E-state index contributed by atoms with van der Waals surface area (Å²) in [6.07, 6.45) is 1.68. The number of hydrogen-bond donors (Lipinski definition) is 1. The van der Waals surface area contributed by atoms with Crippen molar-refractivity contribution in [1.29, 1.82) is 0 Å². The van der Waals surface area contributed by atoms with E-state index in [4.69, 9.17) is 0 Å². The molecule has 1 aromatic heterocycles. The molecule has 0 amide bonds. The zero-order valence-electron chi connectivity index (χ0n) is 6.79. The highest BCUT2D eigenvalue weighted by Crippen LogP contribution is 2.12. The van der Waals surface area contributed by atoms with E-state index >= 15 is 0 Å². The van der Waals surface area contributed by atoms with Crippen LogP contribution in [0.4, 0.5) is 0 Å². The Hall–Kier alpha value is -1.57. The Bertz CT molecular complexity index is 470. The van der Waals surface area contributed by atoms with Gasteiger partial charge in [-0.3, -0.25) is 4.79 Å². The van der Waals surface area contributed by atoms with Crippen LogP contribution < -0.4 is 5.56 Å². The van der Waals surface area contributed by atoms with E-state index in [2.05, 4.69) is 4.98 Å². The van der Waals surface area contributed by atoms with Crippen molar-refractivity contribution in [3.63, 3.8) is 0 Å². The second-order valence-electron chi connectivity index (χ2n) is 2.84. The van der Waals surface area contributed by atoms with Gasteiger partial charge in [0.05, 0.1) is 0 Å². The molecule has 2 nitrogen and oxygen atoms in total. The molecule has 1 aromatic carbocycles. The molecule has 60 valence electrons. The minimum Gasteiger partial charge on any atom is -0.329 e. The maximum atomic E-state index is 11.3. The van der Waals surface area contributed by atoms with E-state index in [9.17, 15) is 4.79 Å². The van der Waals surface area contributed by atoms with Crippen LogP contribution in [0, 0.1) is 6.92 Å². The van der Waals surface area contributed by atoms with Gasteiger partial charge in [-0.15, -0.1) is 0 Å². The van der Waals surface area contributed by atoms with Crippen LogP contribution in [0.15, 0.2) is 35.3 Å². The maximum Gasteiger partial charge on any atom is 0.255 e. The molecule has 1 N–H and O–H groups in total. The molecule has 2 aromatic rings. The van der Waals surface area contributed by atoms with Gasteiger partial charge in [0.25, 0.3) is 5.56 Å². The molecule has 12 heavy (non-hydrogen) atoms. The summed E-state index contributed by atoms with van der Waals surface area (Å²) in [6.45, 7) is 2.00. The van der Waals surface area contributed by atoms with Crippen LogP contribution in [0.5, 0.6) is 0 Å². The van der Waals surface area contributed by atoms with Crippen molar-refractivity contribution in [2.45, 2.75) is 6.92 Å². The van der Waals surface area contributed by atoms with Gasteiger partial charge in [-0.05, 0) is 30.0 Å². The van der Waals surface area contributed by atoms with Crippen LogP contribution in [0.3, 0.4) is 0 Å². The molecule has 0 aliphatic heterocycles. The summed E-state index contributed by atoms with van der Waals surface area (Å²) in [5.41, 5.74) is 1.12. The predicted molar refractivity (Wildman–Crippen MR) is 49.3 cm³/mol. The molecule has 2 heteroatoms. The van der Waals surface area contributed by atoms with Crippen LogP contribution >= 0.6 is 0 Å². The Balaban J connectivity index is 3.05. The SMILES string of the molecule is Cc1cccc2c(=[18O])[nH]ccc12. The molecular weight excluding hydrogens is 152 g/mol. The summed E-state index contributed by atoms with van der Waals surface area (Å²) in [5, 5.41) is 1.79. The van der Waals surface area contributed by atoms with Crippen LogP contribution in [-0.2, 0) is 0 Å². The van der Waals surface area contributed by atoms with Crippen molar-refractivity contribution in [3.8, 4) is 0 Å². The molecule has 0 saturated carbocycles. The van der Waals surface area contributed by atoms with Crippen LogP contribution in [-0.4, -0.2) is 4.98 Å². The highest BCUT2D eigenvalue weighted by atomic mass is 18.1. The van der Waals surface area contributed by atoms with E-state index in [0.29, 0.717) is 0 Å². The molecule has 0 radical (unpaired) electrons. The molecule has 0 aliphatic rings. The number of aryl methyl sites for hydroxylation is 1. The standard InChI is InChI=1S/C10H9NO/c1-7-3-2-4-9-8(7)5-6-11-10(9)12/h2-6H,1H3,(H,11,12)/i12+2.